The van der Waals surface area contributed by atoms with Gasteiger partial charge in [0.15, 0.2) is 0 Å². The minimum atomic E-state index is -0.321. The Labute approximate surface area is 143 Å². The number of anilines is 1. The molecule has 3 aromatic rings. The summed E-state index contributed by atoms with van der Waals surface area (Å²) in [5, 5.41) is 4.40. The average molecular weight is 344 g/mol. The molecule has 0 spiro atoms. The van der Waals surface area contributed by atoms with Crippen LogP contribution in [0.1, 0.15) is 30.5 Å². The van der Waals surface area contributed by atoms with E-state index < -0.39 is 0 Å². The number of hydrogen-bond acceptors (Lipinski definition) is 5. The minimum Gasteiger partial charge on any atom is -0.379 e. The summed E-state index contributed by atoms with van der Waals surface area (Å²) in [6.07, 6.45) is 0. The Hall–Kier alpha value is -2.41. The van der Waals surface area contributed by atoms with Gasteiger partial charge in [-0.05, 0) is 18.2 Å². The summed E-state index contributed by atoms with van der Waals surface area (Å²) in [6, 6.07) is 7.49. The van der Waals surface area contributed by atoms with Gasteiger partial charge in [-0.2, -0.15) is 0 Å². The number of nitrogens with one attached hydrogen (secondary N) is 1. The Morgan fingerprint density at radius 3 is 2.62 bits per heavy atom. The third-order valence-corrected chi connectivity index (χ3v) is 5.32. The highest BCUT2D eigenvalue weighted by atomic mass is 32.1. The first-order valence-corrected chi connectivity index (χ1v) is 8.58. The first-order valence-electron chi connectivity index (χ1n) is 7.77. The SMILES string of the molecule is CC(C)c1nc2ccc(NCc3cc(=O)n(C)c(=O)n3C)cc2s1. The maximum absolute atomic E-state index is 12.0. The van der Waals surface area contributed by atoms with Crippen molar-refractivity contribution in [1.29, 1.82) is 0 Å². The fourth-order valence-electron chi connectivity index (χ4n) is 2.44. The van der Waals surface area contributed by atoms with Crippen molar-refractivity contribution in [2.24, 2.45) is 14.1 Å². The fraction of sp³-hybridized carbons (Fsp3) is 0.353. The summed E-state index contributed by atoms with van der Waals surface area (Å²) in [7, 11) is 3.14. The molecule has 24 heavy (non-hydrogen) atoms. The minimum absolute atomic E-state index is 0.297. The molecular weight excluding hydrogens is 324 g/mol. The van der Waals surface area contributed by atoms with Gasteiger partial charge in [-0.25, -0.2) is 9.78 Å². The molecule has 0 amide bonds. The Morgan fingerprint density at radius 2 is 1.92 bits per heavy atom. The number of rotatable bonds is 4. The fourth-order valence-corrected chi connectivity index (χ4v) is 3.45. The second kappa shape index (κ2) is 6.24. The van der Waals surface area contributed by atoms with Gasteiger partial charge in [-0.1, -0.05) is 13.8 Å². The Kier molecular flexibility index (Phi) is 4.28. The lowest BCUT2D eigenvalue weighted by Gasteiger charge is -2.11. The van der Waals surface area contributed by atoms with E-state index in [1.165, 1.54) is 17.7 Å². The van der Waals surface area contributed by atoms with Gasteiger partial charge in [0, 0.05) is 37.5 Å². The monoisotopic (exact) mass is 344 g/mol. The molecule has 0 unspecified atom stereocenters. The van der Waals surface area contributed by atoms with Gasteiger partial charge < -0.3 is 5.32 Å². The predicted molar refractivity (Wildman–Crippen MR) is 98.0 cm³/mol. The molecule has 2 heterocycles. The molecule has 1 aromatic carbocycles. The van der Waals surface area contributed by atoms with Crippen molar-refractivity contribution in [3.05, 3.63) is 55.8 Å². The number of thiazole rings is 1. The Balaban J connectivity index is 1.86. The van der Waals surface area contributed by atoms with Crippen LogP contribution in [-0.4, -0.2) is 14.1 Å². The van der Waals surface area contributed by atoms with E-state index in [1.54, 1.807) is 18.4 Å². The highest BCUT2D eigenvalue weighted by molar-refractivity contribution is 7.18. The summed E-state index contributed by atoms with van der Waals surface area (Å²) in [4.78, 5) is 28.4. The molecule has 7 heteroatoms. The number of nitrogens with zero attached hydrogens (tertiary/aromatic N) is 3. The van der Waals surface area contributed by atoms with Crippen LogP contribution in [-0.2, 0) is 20.6 Å². The van der Waals surface area contributed by atoms with E-state index in [1.807, 2.05) is 12.1 Å². The van der Waals surface area contributed by atoms with Gasteiger partial charge in [0.25, 0.3) is 5.56 Å². The lowest BCUT2D eigenvalue weighted by Crippen LogP contribution is -2.38. The van der Waals surface area contributed by atoms with Crippen LogP contribution >= 0.6 is 11.3 Å². The van der Waals surface area contributed by atoms with Crippen LogP contribution in [0.5, 0.6) is 0 Å². The molecule has 0 aliphatic rings. The summed E-state index contributed by atoms with van der Waals surface area (Å²) < 4.78 is 3.71. The Morgan fingerprint density at radius 1 is 1.17 bits per heavy atom. The molecule has 0 bridgehead atoms. The maximum atomic E-state index is 12.0. The first-order chi connectivity index (χ1) is 11.4. The van der Waals surface area contributed by atoms with E-state index in [0.717, 1.165) is 25.5 Å². The van der Waals surface area contributed by atoms with Gasteiger partial charge in [-0.15, -0.1) is 11.3 Å². The molecule has 0 atom stereocenters. The number of benzene rings is 1. The van der Waals surface area contributed by atoms with Crippen molar-refractivity contribution in [1.82, 2.24) is 14.1 Å². The first kappa shape index (κ1) is 16.4. The number of aromatic nitrogens is 3. The van der Waals surface area contributed by atoms with Crippen LogP contribution in [0.4, 0.5) is 5.69 Å². The summed E-state index contributed by atoms with van der Waals surface area (Å²) in [5.41, 5.74) is 1.97. The molecule has 0 aliphatic carbocycles. The zero-order valence-corrected chi connectivity index (χ0v) is 15.0. The summed E-state index contributed by atoms with van der Waals surface area (Å²) >= 11 is 1.69. The van der Waals surface area contributed by atoms with Crippen molar-refractivity contribution in [2.45, 2.75) is 26.3 Å². The van der Waals surface area contributed by atoms with E-state index in [9.17, 15) is 9.59 Å². The van der Waals surface area contributed by atoms with Crippen molar-refractivity contribution >= 4 is 27.2 Å². The summed E-state index contributed by atoms with van der Waals surface area (Å²) in [5.74, 6) is 0.411. The van der Waals surface area contributed by atoms with E-state index in [-0.39, 0.29) is 11.2 Å². The molecule has 3 rings (SSSR count). The molecule has 0 fully saturated rings. The van der Waals surface area contributed by atoms with Crippen molar-refractivity contribution in [2.75, 3.05) is 5.32 Å². The molecular formula is C17H20N4O2S. The highest BCUT2D eigenvalue weighted by Gasteiger charge is 2.09. The van der Waals surface area contributed by atoms with Crippen LogP contribution in [0, 0.1) is 0 Å². The third-order valence-electron chi connectivity index (χ3n) is 4.00. The number of fused-ring (bicyclic) bond motifs is 1. The zero-order valence-electron chi connectivity index (χ0n) is 14.2. The molecule has 1 N–H and O–H groups in total. The van der Waals surface area contributed by atoms with E-state index in [0.29, 0.717) is 18.2 Å². The zero-order chi connectivity index (χ0) is 17.4. The third kappa shape index (κ3) is 2.99. The van der Waals surface area contributed by atoms with Crippen LogP contribution < -0.4 is 16.6 Å². The van der Waals surface area contributed by atoms with Crippen molar-refractivity contribution < 1.29 is 0 Å². The molecule has 0 aliphatic heterocycles. The molecule has 2 aromatic heterocycles. The van der Waals surface area contributed by atoms with Crippen LogP contribution in [0.3, 0.4) is 0 Å². The second-order valence-corrected chi connectivity index (χ2v) is 7.18. The molecule has 126 valence electrons. The van der Waals surface area contributed by atoms with Gasteiger partial charge >= 0.3 is 5.69 Å². The van der Waals surface area contributed by atoms with E-state index >= 15 is 0 Å². The lowest BCUT2D eigenvalue weighted by atomic mass is 10.2. The smallest absolute Gasteiger partial charge is 0.330 e. The highest BCUT2D eigenvalue weighted by Crippen LogP contribution is 2.29. The standard InChI is InChI=1S/C17H20N4O2S/c1-10(2)16-19-13-6-5-11(7-14(13)24-16)18-9-12-8-15(22)21(4)17(23)20(12)3/h5-8,10,18H,9H2,1-4H3. The van der Waals surface area contributed by atoms with Gasteiger partial charge in [-0.3, -0.25) is 13.9 Å². The Bertz CT molecular complexity index is 1010. The van der Waals surface area contributed by atoms with E-state index in [2.05, 4.69) is 30.2 Å². The molecule has 0 radical (unpaired) electrons. The van der Waals surface area contributed by atoms with E-state index in [4.69, 9.17) is 0 Å². The van der Waals surface area contributed by atoms with Crippen molar-refractivity contribution in [3.8, 4) is 0 Å². The molecule has 0 saturated carbocycles. The topological polar surface area (TPSA) is 68.9 Å². The molecule has 6 nitrogen and oxygen atoms in total. The lowest BCUT2D eigenvalue weighted by molar-refractivity contribution is 0.655. The normalized spacial score (nSPS) is 11.4. The van der Waals surface area contributed by atoms with Crippen LogP contribution in [0.15, 0.2) is 33.9 Å². The van der Waals surface area contributed by atoms with Crippen LogP contribution in [0.2, 0.25) is 0 Å². The van der Waals surface area contributed by atoms with Gasteiger partial charge in [0.1, 0.15) is 0 Å². The predicted octanol–water partition coefficient (Wildman–Crippen LogP) is 2.43. The average Bonchev–Trinajstić information content (AvgIpc) is 2.98. The second-order valence-electron chi connectivity index (χ2n) is 6.12. The van der Waals surface area contributed by atoms with Gasteiger partial charge in [0.2, 0.25) is 0 Å². The maximum Gasteiger partial charge on any atom is 0.330 e. The van der Waals surface area contributed by atoms with Gasteiger partial charge in [0.05, 0.1) is 21.8 Å². The van der Waals surface area contributed by atoms with Crippen molar-refractivity contribution in [3.63, 3.8) is 0 Å². The van der Waals surface area contributed by atoms with Crippen LogP contribution in [0.25, 0.3) is 10.2 Å². The molecule has 0 saturated heterocycles. The quantitative estimate of drug-likeness (QED) is 0.789. The summed E-state index contributed by atoms with van der Waals surface area (Å²) in [6.45, 7) is 4.67. The number of hydrogen-bond donors (Lipinski definition) is 1. The largest absolute Gasteiger partial charge is 0.379 e.